The summed E-state index contributed by atoms with van der Waals surface area (Å²) in [5, 5.41) is 19.0. The SMILES string of the molecule is Cc1c(-c2cc(C(=O)Nc3cnn(C)c3C(=O)NCc3cnn(C)c3)c3ccccc3n2)cnn1C. The highest BCUT2D eigenvalue weighted by molar-refractivity contribution is 6.14. The van der Waals surface area contributed by atoms with E-state index in [-0.39, 0.29) is 17.5 Å². The maximum Gasteiger partial charge on any atom is 0.271 e. The van der Waals surface area contributed by atoms with Crippen LogP contribution >= 0.6 is 0 Å². The van der Waals surface area contributed by atoms with E-state index in [4.69, 9.17) is 4.98 Å². The number of amides is 2. The van der Waals surface area contributed by atoms with E-state index in [2.05, 4.69) is 25.9 Å². The van der Waals surface area contributed by atoms with Crippen molar-refractivity contribution < 1.29 is 9.59 Å². The van der Waals surface area contributed by atoms with Crippen LogP contribution in [0, 0.1) is 6.92 Å². The lowest BCUT2D eigenvalue weighted by atomic mass is 10.0. The normalized spacial score (nSPS) is 11.1. The molecule has 4 aromatic heterocycles. The summed E-state index contributed by atoms with van der Waals surface area (Å²) in [5.74, 6) is -0.730. The summed E-state index contributed by atoms with van der Waals surface area (Å²) in [7, 11) is 5.32. The predicted molar refractivity (Wildman–Crippen MR) is 134 cm³/mol. The molecule has 0 saturated carbocycles. The van der Waals surface area contributed by atoms with Gasteiger partial charge in [-0.3, -0.25) is 23.6 Å². The minimum Gasteiger partial charge on any atom is -0.346 e. The molecule has 182 valence electrons. The number of rotatable bonds is 6. The van der Waals surface area contributed by atoms with Crippen LogP contribution < -0.4 is 10.6 Å². The quantitative estimate of drug-likeness (QED) is 0.383. The minimum atomic E-state index is -0.370. The van der Waals surface area contributed by atoms with Crippen LogP contribution in [0.5, 0.6) is 0 Å². The Hall–Kier alpha value is -4.80. The molecular formula is C25H25N9O2. The van der Waals surface area contributed by atoms with Gasteiger partial charge in [0.25, 0.3) is 11.8 Å². The molecule has 4 heterocycles. The minimum absolute atomic E-state index is 0.244. The average molecular weight is 484 g/mol. The molecule has 0 aliphatic carbocycles. The van der Waals surface area contributed by atoms with E-state index < -0.39 is 0 Å². The molecule has 0 aliphatic rings. The highest BCUT2D eigenvalue weighted by atomic mass is 16.2. The Labute approximate surface area is 206 Å². The number of aryl methyl sites for hydroxylation is 3. The first-order valence-electron chi connectivity index (χ1n) is 11.3. The Morgan fingerprint density at radius 3 is 2.44 bits per heavy atom. The lowest BCUT2D eigenvalue weighted by Gasteiger charge is -2.11. The van der Waals surface area contributed by atoms with Crippen molar-refractivity contribution in [3.8, 4) is 11.3 Å². The van der Waals surface area contributed by atoms with Gasteiger partial charge >= 0.3 is 0 Å². The molecule has 0 atom stereocenters. The molecule has 5 aromatic rings. The third kappa shape index (κ3) is 4.22. The van der Waals surface area contributed by atoms with E-state index in [1.54, 1.807) is 34.9 Å². The van der Waals surface area contributed by atoms with Crippen molar-refractivity contribution in [3.63, 3.8) is 0 Å². The van der Waals surface area contributed by atoms with E-state index in [1.165, 1.54) is 10.9 Å². The zero-order chi connectivity index (χ0) is 25.4. The number of hydrogen-bond donors (Lipinski definition) is 2. The Kier molecular flexibility index (Phi) is 5.80. The fraction of sp³-hybridized carbons (Fsp3) is 0.200. The second-order valence-electron chi connectivity index (χ2n) is 8.53. The second-order valence-corrected chi connectivity index (χ2v) is 8.53. The lowest BCUT2D eigenvalue weighted by Crippen LogP contribution is -2.26. The molecule has 0 spiro atoms. The molecule has 2 N–H and O–H groups in total. The first-order valence-corrected chi connectivity index (χ1v) is 11.3. The standard InChI is InChI=1S/C25H25N9O2/c1-15-19(12-28-33(15)3)21-9-18(17-7-5-6-8-20(17)30-21)24(35)31-22-13-29-34(4)23(22)25(36)26-10-16-11-27-32(2)14-16/h5-9,11-14H,10H2,1-4H3,(H,26,36)(H,31,35). The van der Waals surface area contributed by atoms with Crippen LogP contribution in [-0.4, -0.2) is 46.1 Å². The van der Waals surface area contributed by atoms with Crippen molar-refractivity contribution in [2.75, 3.05) is 5.32 Å². The van der Waals surface area contributed by atoms with Crippen LogP contribution in [0.25, 0.3) is 22.2 Å². The molecule has 0 bridgehead atoms. The second kappa shape index (κ2) is 9.10. The van der Waals surface area contributed by atoms with Crippen molar-refractivity contribution in [2.45, 2.75) is 13.5 Å². The Bertz CT molecular complexity index is 1610. The number of nitrogens with zero attached hydrogens (tertiary/aromatic N) is 7. The van der Waals surface area contributed by atoms with Crippen molar-refractivity contribution in [1.29, 1.82) is 0 Å². The molecule has 0 unspecified atom stereocenters. The number of nitrogens with one attached hydrogen (secondary N) is 2. The number of pyridine rings is 1. The molecular weight excluding hydrogens is 458 g/mol. The fourth-order valence-electron chi connectivity index (χ4n) is 4.07. The highest BCUT2D eigenvalue weighted by Crippen LogP contribution is 2.27. The Balaban J connectivity index is 1.46. The summed E-state index contributed by atoms with van der Waals surface area (Å²) in [6.45, 7) is 2.25. The molecule has 0 aliphatic heterocycles. The molecule has 0 saturated heterocycles. The number of anilines is 1. The molecule has 5 rings (SSSR count). The fourth-order valence-corrected chi connectivity index (χ4v) is 4.07. The van der Waals surface area contributed by atoms with E-state index in [0.717, 1.165) is 16.8 Å². The number of carbonyl (C=O) groups excluding carboxylic acids is 2. The van der Waals surface area contributed by atoms with E-state index in [1.807, 2.05) is 51.5 Å². The maximum atomic E-state index is 13.5. The van der Waals surface area contributed by atoms with Gasteiger partial charge in [-0.05, 0) is 19.1 Å². The van der Waals surface area contributed by atoms with Gasteiger partial charge in [0, 0.05) is 56.1 Å². The number of hydrogen-bond acceptors (Lipinski definition) is 6. The van der Waals surface area contributed by atoms with Gasteiger partial charge < -0.3 is 10.6 Å². The van der Waals surface area contributed by atoms with Gasteiger partial charge in [0.05, 0.1) is 41.1 Å². The number of aromatic nitrogens is 7. The zero-order valence-corrected chi connectivity index (χ0v) is 20.4. The van der Waals surface area contributed by atoms with E-state index in [0.29, 0.717) is 34.4 Å². The summed E-state index contributed by atoms with van der Waals surface area (Å²) in [4.78, 5) is 31.2. The summed E-state index contributed by atoms with van der Waals surface area (Å²) in [5.41, 5.74) is 4.96. The summed E-state index contributed by atoms with van der Waals surface area (Å²) in [6, 6.07) is 9.20. The van der Waals surface area contributed by atoms with Gasteiger partial charge in [-0.2, -0.15) is 15.3 Å². The van der Waals surface area contributed by atoms with Crippen molar-refractivity contribution >= 4 is 28.4 Å². The van der Waals surface area contributed by atoms with Gasteiger partial charge in [-0.15, -0.1) is 0 Å². The largest absolute Gasteiger partial charge is 0.346 e. The van der Waals surface area contributed by atoms with Gasteiger partial charge in [0.15, 0.2) is 0 Å². The monoisotopic (exact) mass is 483 g/mol. The van der Waals surface area contributed by atoms with Crippen LogP contribution in [0.15, 0.2) is 55.1 Å². The smallest absolute Gasteiger partial charge is 0.271 e. The lowest BCUT2D eigenvalue weighted by molar-refractivity contribution is 0.0942. The van der Waals surface area contributed by atoms with Crippen LogP contribution in [0.4, 0.5) is 5.69 Å². The summed E-state index contributed by atoms with van der Waals surface area (Å²) < 4.78 is 4.86. The molecule has 0 radical (unpaired) electrons. The first kappa shape index (κ1) is 23.0. The summed E-state index contributed by atoms with van der Waals surface area (Å²) >= 11 is 0. The predicted octanol–water partition coefficient (Wildman–Crippen LogP) is 2.59. The molecule has 11 heteroatoms. The number of benzene rings is 1. The van der Waals surface area contributed by atoms with Crippen molar-refractivity contribution in [3.05, 3.63) is 77.6 Å². The highest BCUT2D eigenvalue weighted by Gasteiger charge is 2.21. The maximum absolute atomic E-state index is 13.5. The van der Waals surface area contributed by atoms with Gasteiger partial charge in [-0.1, -0.05) is 18.2 Å². The Morgan fingerprint density at radius 1 is 0.944 bits per heavy atom. The zero-order valence-electron chi connectivity index (χ0n) is 20.4. The molecule has 1 aromatic carbocycles. The third-order valence-corrected chi connectivity index (χ3v) is 6.09. The number of carbonyl (C=O) groups is 2. The van der Waals surface area contributed by atoms with Crippen LogP contribution in [0.3, 0.4) is 0 Å². The van der Waals surface area contributed by atoms with Gasteiger partial charge in [0.2, 0.25) is 0 Å². The third-order valence-electron chi connectivity index (χ3n) is 6.09. The van der Waals surface area contributed by atoms with E-state index in [9.17, 15) is 9.59 Å². The van der Waals surface area contributed by atoms with Crippen LogP contribution in [-0.2, 0) is 27.7 Å². The van der Waals surface area contributed by atoms with Crippen molar-refractivity contribution in [1.82, 2.24) is 39.6 Å². The summed E-state index contributed by atoms with van der Waals surface area (Å²) in [6.07, 6.45) is 6.71. The first-order chi connectivity index (χ1) is 17.3. The molecule has 2 amide bonds. The van der Waals surface area contributed by atoms with Gasteiger partial charge in [-0.25, -0.2) is 4.98 Å². The molecule has 0 fully saturated rings. The van der Waals surface area contributed by atoms with Crippen molar-refractivity contribution in [2.24, 2.45) is 21.1 Å². The van der Waals surface area contributed by atoms with Crippen LogP contribution in [0.1, 0.15) is 32.1 Å². The number of para-hydroxylation sites is 1. The van der Waals surface area contributed by atoms with E-state index >= 15 is 0 Å². The molecule has 36 heavy (non-hydrogen) atoms. The molecule has 11 nitrogen and oxygen atoms in total. The van der Waals surface area contributed by atoms with Gasteiger partial charge in [0.1, 0.15) is 5.69 Å². The Morgan fingerprint density at radius 2 is 1.72 bits per heavy atom. The number of fused-ring (bicyclic) bond motifs is 1. The van der Waals surface area contributed by atoms with Crippen LogP contribution in [0.2, 0.25) is 0 Å². The topological polar surface area (TPSA) is 125 Å². The average Bonchev–Trinajstić information content (AvgIpc) is 3.55.